The van der Waals surface area contributed by atoms with Gasteiger partial charge < -0.3 is 10.0 Å². The molecule has 2 rings (SSSR count). The summed E-state index contributed by atoms with van der Waals surface area (Å²) in [6.07, 6.45) is 4.48. The highest BCUT2D eigenvalue weighted by Crippen LogP contribution is 2.42. The van der Waals surface area contributed by atoms with E-state index in [2.05, 4.69) is 44.5 Å². The largest absolute Gasteiger partial charge is 0.391 e. The quantitative estimate of drug-likeness (QED) is 0.862. The van der Waals surface area contributed by atoms with Crippen molar-refractivity contribution in [3.63, 3.8) is 0 Å². The molecular weight excluding hydrogens is 248 g/mol. The van der Waals surface area contributed by atoms with Crippen LogP contribution >= 0.6 is 0 Å². The number of aliphatic hydroxyl groups is 1. The van der Waals surface area contributed by atoms with Crippen LogP contribution < -0.4 is 0 Å². The molecule has 1 saturated carbocycles. The minimum absolute atomic E-state index is 0.116. The molecule has 1 N–H and O–H groups in total. The van der Waals surface area contributed by atoms with Crippen LogP contribution in [0.25, 0.3) is 0 Å². The van der Waals surface area contributed by atoms with E-state index in [0.29, 0.717) is 17.5 Å². The molecule has 1 heterocycles. The van der Waals surface area contributed by atoms with Gasteiger partial charge in [-0.1, -0.05) is 27.2 Å². The maximum Gasteiger partial charge on any atom is 0.0695 e. The molecule has 0 bridgehead atoms. The summed E-state index contributed by atoms with van der Waals surface area (Å²) >= 11 is 0. The Balaban J connectivity index is 2.02. The zero-order valence-electron chi connectivity index (χ0n) is 14.1. The fourth-order valence-corrected chi connectivity index (χ4v) is 3.90. The van der Waals surface area contributed by atoms with Gasteiger partial charge in [0.15, 0.2) is 0 Å². The first-order valence-electron chi connectivity index (χ1n) is 8.47. The number of piperazine rings is 1. The molecule has 4 atom stereocenters. The standard InChI is InChI=1S/C17H34N2O/c1-6-17(3,4)14-7-8-16(20)15(11-14)19-10-9-18(5)13(2)12-19/h13-16,20H,6-12H2,1-5H3. The van der Waals surface area contributed by atoms with Gasteiger partial charge in [0.05, 0.1) is 6.10 Å². The van der Waals surface area contributed by atoms with Crippen LogP contribution in [0.5, 0.6) is 0 Å². The molecule has 1 aliphatic carbocycles. The van der Waals surface area contributed by atoms with E-state index in [1.165, 1.54) is 19.3 Å². The van der Waals surface area contributed by atoms with E-state index in [1.54, 1.807) is 0 Å². The molecule has 0 aromatic heterocycles. The average Bonchev–Trinajstić information content (AvgIpc) is 2.42. The van der Waals surface area contributed by atoms with Gasteiger partial charge in [0, 0.05) is 31.7 Å². The summed E-state index contributed by atoms with van der Waals surface area (Å²) in [6, 6.07) is 0.992. The number of likely N-dealkylation sites (N-methyl/N-ethyl adjacent to an activating group) is 1. The Morgan fingerprint density at radius 1 is 1.20 bits per heavy atom. The van der Waals surface area contributed by atoms with Crippen LogP contribution in [0, 0.1) is 11.3 Å². The highest BCUT2D eigenvalue weighted by atomic mass is 16.3. The van der Waals surface area contributed by atoms with Crippen molar-refractivity contribution < 1.29 is 5.11 Å². The fourth-order valence-electron chi connectivity index (χ4n) is 3.90. The first-order valence-corrected chi connectivity index (χ1v) is 8.47. The summed E-state index contributed by atoms with van der Waals surface area (Å²) in [5, 5.41) is 10.5. The van der Waals surface area contributed by atoms with E-state index in [1.807, 2.05) is 0 Å². The monoisotopic (exact) mass is 282 g/mol. The van der Waals surface area contributed by atoms with Crippen molar-refractivity contribution in [2.45, 2.75) is 71.6 Å². The van der Waals surface area contributed by atoms with Gasteiger partial charge in [-0.15, -0.1) is 0 Å². The minimum Gasteiger partial charge on any atom is -0.391 e. The molecule has 0 aromatic rings. The summed E-state index contributed by atoms with van der Waals surface area (Å²) in [7, 11) is 2.21. The molecule has 3 nitrogen and oxygen atoms in total. The van der Waals surface area contributed by atoms with Crippen LogP contribution in [-0.4, -0.2) is 59.8 Å². The number of rotatable bonds is 3. The second-order valence-electron chi connectivity index (χ2n) is 7.81. The molecule has 1 saturated heterocycles. The van der Waals surface area contributed by atoms with Crippen molar-refractivity contribution in [3.05, 3.63) is 0 Å². The maximum atomic E-state index is 10.5. The van der Waals surface area contributed by atoms with Crippen molar-refractivity contribution in [2.75, 3.05) is 26.7 Å². The Hall–Kier alpha value is -0.120. The van der Waals surface area contributed by atoms with Gasteiger partial charge in [0.25, 0.3) is 0 Å². The Morgan fingerprint density at radius 3 is 2.50 bits per heavy atom. The minimum atomic E-state index is -0.116. The zero-order valence-corrected chi connectivity index (χ0v) is 14.1. The van der Waals surface area contributed by atoms with Gasteiger partial charge in [-0.2, -0.15) is 0 Å². The smallest absolute Gasteiger partial charge is 0.0695 e. The number of hydrogen-bond donors (Lipinski definition) is 1. The van der Waals surface area contributed by atoms with Crippen LogP contribution in [0.2, 0.25) is 0 Å². The Morgan fingerprint density at radius 2 is 1.90 bits per heavy atom. The first kappa shape index (κ1) is 16.3. The van der Waals surface area contributed by atoms with E-state index in [9.17, 15) is 5.11 Å². The number of aliphatic hydroxyl groups excluding tert-OH is 1. The van der Waals surface area contributed by atoms with Gasteiger partial charge in [0.2, 0.25) is 0 Å². The number of hydrogen-bond acceptors (Lipinski definition) is 3. The Labute approximate surface area is 125 Å². The third-order valence-corrected chi connectivity index (χ3v) is 6.26. The normalized spacial score (nSPS) is 38.1. The maximum absolute atomic E-state index is 10.5. The van der Waals surface area contributed by atoms with Crippen LogP contribution in [0.15, 0.2) is 0 Å². The topological polar surface area (TPSA) is 26.7 Å². The third-order valence-electron chi connectivity index (χ3n) is 6.26. The van der Waals surface area contributed by atoms with Crippen LogP contribution in [0.1, 0.15) is 53.4 Å². The fraction of sp³-hybridized carbons (Fsp3) is 1.00. The molecule has 20 heavy (non-hydrogen) atoms. The molecule has 0 aromatic carbocycles. The van der Waals surface area contributed by atoms with E-state index in [0.717, 1.165) is 32.0 Å². The summed E-state index contributed by atoms with van der Waals surface area (Å²) in [6.45, 7) is 12.8. The lowest BCUT2D eigenvalue weighted by atomic mass is 9.67. The summed E-state index contributed by atoms with van der Waals surface area (Å²) in [4.78, 5) is 4.99. The Kier molecular flexibility index (Phi) is 5.14. The predicted octanol–water partition coefficient (Wildman–Crippen LogP) is 2.59. The summed E-state index contributed by atoms with van der Waals surface area (Å²) in [5.41, 5.74) is 0.413. The zero-order chi connectivity index (χ0) is 14.9. The van der Waals surface area contributed by atoms with Crippen molar-refractivity contribution in [3.8, 4) is 0 Å². The number of nitrogens with zero attached hydrogens (tertiary/aromatic N) is 2. The predicted molar refractivity (Wildman–Crippen MR) is 84.9 cm³/mol. The van der Waals surface area contributed by atoms with E-state index >= 15 is 0 Å². The third kappa shape index (κ3) is 3.37. The van der Waals surface area contributed by atoms with Crippen molar-refractivity contribution >= 4 is 0 Å². The Bertz CT molecular complexity index is 318. The van der Waals surface area contributed by atoms with Gasteiger partial charge in [-0.05, 0) is 44.6 Å². The van der Waals surface area contributed by atoms with Gasteiger partial charge in [-0.3, -0.25) is 4.90 Å². The van der Waals surface area contributed by atoms with Gasteiger partial charge in [0.1, 0.15) is 0 Å². The van der Waals surface area contributed by atoms with E-state index < -0.39 is 0 Å². The highest BCUT2D eigenvalue weighted by molar-refractivity contribution is 4.93. The molecule has 0 amide bonds. The first-order chi connectivity index (χ1) is 9.35. The van der Waals surface area contributed by atoms with Crippen LogP contribution in [0.3, 0.4) is 0 Å². The SMILES string of the molecule is CCC(C)(C)C1CCC(O)C(N2CCN(C)C(C)C2)C1. The highest BCUT2D eigenvalue weighted by Gasteiger charge is 2.40. The summed E-state index contributed by atoms with van der Waals surface area (Å²) < 4.78 is 0. The lowest BCUT2D eigenvalue weighted by molar-refractivity contribution is -0.0427. The molecule has 2 fully saturated rings. The van der Waals surface area contributed by atoms with Crippen LogP contribution in [0.4, 0.5) is 0 Å². The average molecular weight is 282 g/mol. The van der Waals surface area contributed by atoms with Crippen molar-refractivity contribution in [2.24, 2.45) is 11.3 Å². The van der Waals surface area contributed by atoms with Crippen LogP contribution in [-0.2, 0) is 0 Å². The molecule has 4 unspecified atom stereocenters. The van der Waals surface area contributed by atoms with Crippen molar-refractivity contribution in [1.29, 1.82) is 0 Å². The van der Waals surface area contributed by atoms with Gasteiger partial charge >= 0.3 is 0 Å². The molecule has 3 heteroatoms. The van der Waals surface area contributed by atoms with Crippen molar-refractivity contribution in [1.82, 2.24) is 9.80 Å². The summed E-state index contributed by atoms with van der Waals surface area (Å²) in [5.74, 6) is 0.760. The second kappa shape index (κ2) is 6.33. The molecule has 1 aliphatic heterocycles. The van der Waals surface area contributed by atoms with E-state index in [-0.39, 0.29) is 6.10 Å². The van der Waals surface area contributed by atoms with Gasteiger partial charge in [-0.25, -0.2) is 0 Å². The molecule has 0 radical (unpaired) electrons. The molecule has 2 aliphatic rings. The molecule has 118 valence electrons. The lowest BCUT2D eigenvalue weighted by Gasteiger charge is -2.48. The molecular formula is C17H34N2O. The van der Waals surface area contributed by atoms with E-state index in [4.69, 9.17) is 0 Å². The molecule has 0 spiro atoms. The second-order valence-corrected chi connectivity index (χ2v) is 7.81. The lowest BCUT2D eigenvalue weighted by Crippen LogP contribution is -2.58.